The monoisotopic (exact) mass is 319 g/mol. The van der Waals surface area contributed by atoms with E-state index in [2.05, 4.69) is 24.8 Å². The van der Waals surface area contributed by atoms with E-state index in [1.807, 2.05) is 30.0 Å². The molecular formula is C18H29N3O2. The highest BCUT2D eigenvalue weighted by molar-refractivity contribution is 5.82. The molecule has 0 radical (unpaired) electrons. The molecule has 0 unspecified atom stereocenters. The second kappa shape index (κ2) is 8.20. The van der Waals surface area contributed by atoms with Crippen LogP contribution >= 0.6 is 0 Å². The van der Waals surface area contributed by atoms with Gasteiger partial charge in [-0.05, 0) is 31.4 Å². The highest BCUT2D eigenvalue weighted by Gasteiger charge is 2.26. The predicted octanol–water partition coefficient (Wildman–Crippen LogP) is 2.11. The molecule has 5 heteroatoms. The van der Waals surface area contributed by atoms with E-state index in [0.29, 0.717) is 25.6 Å². The SMILES string of the molecule is CCOc1ccccc1N1CCN(C(=O)[C@@H](N)CC(C)C)CC1. The minimum absolute atomic E-state index is 0.0800. The zero-order chi connectivity index (χ0) is 16.8. The van der Waals surface area contributed by atoms with Crippen LogP contribution in [0.4, 0.5) is 5.69 Å². The summed E-state index contributed by atoms with van der Waals surface area (Å²) in [6.07, 6.45) is 0.742. The number of benzene rings is 1. The van der Waals surface area contributed by atoms with Gasteiger partial charge in [0.25, 0.3) is 0 Å². The molecule has 0 aromatic heterocycles. The summed E-state index contributed by atoms with van der Waals surface area (Å²) in [5, 5.41) is 0. The van der Waals surface area contributed by atoms with Crippen molar-refractivity contribution < 1.29 is 9.53 Å². The van der Waals surface area contributed by atoms with Crippen LogP contribution in [0.25, 0.3) is 0 Å². The highest BCUT2D eigenvalue weighted by Crippen LogP contribution is 2.28. The first-order valence-corrected chi connectivity index (χ1v) is 8.54. The molecule has 1 amide bonds. The Bertz CT molecular complexity index is 511. The molecule has 1 saturated heterocycles. The van der Waals surface area contributed by atoms with Crippen LogP contribution in [0.5, 0.6) is 5.75 Å². The number of rotatable bonds is 6. The number of hydrogen-bond donors (Lipinski definition) is 1. The van der Waals surface area contributed by atoms with Crippen LogP contribution in [0, 0.1) is 5.92 Å². The number of para-hydroxylation sites is 2. The lowest BCUT2D eigenvalue weighted by molar-refractivity contribution is -0.133. The normalized spacial score (nSPS) is 16.6. The molecule has 0 aliphatic carbocycles. The highest BCUT2D eigenvalue weighted by atomic mass is 16.5. The van der Waals surface area contributed by atoms with Crippen molar-refractivity contribution in [1.82, 2.24) is 4.90 Å². The molecule has 1 atom stereocenters. The van der Waals surface area contributed by atoms with Crippen LogP contribution in [0.15, 0.2) is 24.3 Å². The molecule has 1 fully saturated rings. The Morgan fingerprint density at radius 3 is 2.48 bits per heavy atom. The van der Waals surface area contributed by atoms with Crippen LogP contribution < -0.4 is 15.4 Å². The van der Waals surface area contributed by atoms with E-state index in [1.165, 1.54) is 0 Å². The van der Waals surface area contributed by atoms with Crippen molar-refractivity contribution in [3.63, 3.8) is 0 Å². The predicted molar refractivity (Wildman–Crippen MR) is 93.8 cm³/mol. The first kappa shape index (κ1) is 17.6. The number of amides is 1. The molecule has 0 bridgehead atoms. The van der Waals surface area contributed by atoms with E-state index < -0.39 is 0 Å². The summed E-state index contributed by atoms with van der Waals surface area (Å²) in [6, 6.07) is 7.70. The lowest BCUT2D eigenvalue weighted by atomic mass is 10.0. The van der Waals surface area contributed by atoms with Gasteiger partial charge in [0.05, 0.1) is 18.3 Å². The number of ether oxygens (including phenoxy) is 1. The lowest BCUT2D eigenvalue weighted by Gasteiger charge is -2.37. The molecular weight excluding hydrogens is 290 g/mol. The maximum Gasteiger partial charge on any atom is 0.239 e. The standard InChI is InChI=1S/C18H29N3O2/c1-4-23-17-8-6-5-7-16(17)20-9-11-21(12-10-20)18(22)15(19)13-14(2)3/h5-8,14-15H,4,9-13,19H2,1-3H3/t15-/m0/s1. The Hall–Kier alpha value is -1.75. The quantitative estimate of drug-likeness (QED) is 0.872. The van der Waals surface area contributed by atoms with Gasteiger partial charge in [-0.1, -0.05) is 26.0 Å². The van der Waals surface area contributed by atoms with Crippen molar-refractivity contribution >= 4 is 11.6 Å². The van der Waals surface area contributed by atoms with E-state index in [9.17, 15) is 4.79 Å². The molecule has 5 nitrogen and oxygen atoms in total. The van der Waals surface area contributed by atoms with Gasteiger partial charge in [0.1, 0.15) is 5.75 Å². The van der Waals surface area contributed by atoms with Crippen LogP contribution in [0.2, 0.25) is 0 Å². The lowest BCUT2D eigenvalue weighted by Crippen LogP contribution is -2.53. The number of carbonyl (C=O) groups is 1. The second-order valence-electron chi connectivity index (χ2n) is 6.45. The Kier molecular flexibility index (Phi) is 6.28. The number of hydrogen-bond acceptors (Lipinski definition) is 4. The van der Waals surface area contributed by atoms with Gasteiger partial charge >= 0.3 is 0 Å². The summed E-state index contributed by atoms with van der Waals surface area (Å²) in [6.45, 7) is 9.87. The van der Waals surface area contributed by atoms with E-state index in [1.54, 1.807) is 0 Å². The Morgan fingerprint density at radius 2 is 1.87 bits per heavy atom. The molecule has 23 heavy (non-hydrogen) atoms. The summed E-state index contributed by atoms with van der Waals surface area (Å²) in [5.74, 6) is 1.43. The maximum atomic E-state index is 12.4. The summed E-state index contributed by atoms with van der Waals surface area (Å²) < 4.78 is 5.70. The van der Waals surface area contributed by atoms with Crippen LogP contribution in [-0.4, -0.2) is 49.6 Å². The third-order valence-electron chi connectivity index (χ3n) is 4.14. The zero-order valence-electron chi connectivity index (χ0n) is 14.5. The third-order valence-corrected chi connectivity index (χ3v) is 4.14. The minimum atomic E-state index is -0.378. The summed E-state index contributed by atoms with van der Waals surface area (Å²) in [4.78, 5) is 16.6. The molecule has 1 heterocycles. The van der Waals surface area contributed by atoms with E-state index in [-0.39, 0.29) is 11.9 Å². The smallest absolute Gasteiger partial charge is 0.239 e. The van der Waals surface area contributed by atoms with Crippen molar-refractivity contribution in [2.45, 2.75) is 33.2 Å². The average Bonchev–Trinajstić information content (AvgIpc) is 2.54. The van der Waals surface area contributed by atoms with E-state index in [4.69, 9.17) is 10.5 Å². The fraction of sp³-hybridized carbons (Fsp3) is 0.611. The van der Waals surface area contributed by atoms with Gasteiger partial charge in [0.15, 0.2) is 0 Å². The van der Waals surface area contributed by atoms with Crippen molar-refractivity contribution in [3.05, 3.63) is 24.3 Å². The van der Waals surface area contributed by atoms with E-state index in [0.717, 1.165) is 30.9 Å². The Balaban J connectivity index is 1.95. The Morgan fingerprint density at radius 1 is 1.22 bits per heavy atom. The van der Waals surface area contributed by atoms with Crippen LogP contribution in [0.3, 0.4) is 0 Å². The zero-order valence-corrected chi connectivity index (χ0v) is 14.5. The van der Waals surface area contributed by atoms with E-state index >= 15 is 0 Å². The largest absolute Gasteiger partial charge is 0.492 e. The summed E-state index contributed by atoms with van der Waals surface area (Å²) >= 11 is 0. The maximum absolute atomic E-state index is 12.4. The van der Waals surface area contributed by atoms with Gasteiger partial charge in [0, 0.05) is 26.2 Å². The summed E-state index contributed by atoms with van der Waals surface area (Å²) in [7, 11) is 0. The van der Waals surface area contributed by atoms with Crippen molar-refractivity contribution in [2.24, 2.45) is 11.7 Å². The topological polar surface area (TPSA) is 58.8 Å². The van der Waals surface area contributed by atoms with Crippen molar-refractivity contribution in [2.75, 3.05) is 37.7 Å². The second-order valence-corrected chi connectivity index (χ2v) is 6.45. The van der Waals surface area contributed by atoms with Gasteiger partial charge in [-0.2, -0.15) is 0 Å². The molecule has 2 rings (SSSR count). The van der Waals surface area contributed by atoms with Gasteiger partial charge in [0.2, 0.25) is 5.91 Å². The van der Waals surface area contributed by atoms with Crippen LogP contribution in [-0.2, 0) is 4.79 Å². The molecule has 2 N–H and O–H groups in total. The number of nitrogens with two attached hydrogens (primary N) is 1. The average molecular weight is 319 g/mol. The fourth-order valence-electron chi connectivity index (χ4n) is 3.01. The molecule has 1 aromatic rings. The molecule has 1 aromatic carbocycles. The third kappa shape index (κ3) is 4.61. The fourth-order valence-corrected chi connectivity index (χ4v) is 3.01. The van der Waals surface area contributed by atoms with Crippen LogP contribution in [0.1, 0.15) is 27.2 Å². The Labute approximate surface area is 139 Å². The van der Waals surface area contributed by atoms with Crippen molar-refractivity contribution in [3.8, 4) is 5.75 Å². The summed E-state index contributed by atoms with van der Waals surface area (Å²) in [5.41, 5.74) is 7.14. The first-order valence-electron chi connectivity index (χ1n) is 8.54. The number of anilines is 1. The van der Waals surface area contributed by atoms with Gasteiger partial charge in [-0.15, -0.1) is 0 Å². The molecule has 1 aliphatic rings. The number of piperazine rings is 1. The molecule has 0 spiro atoms. The molecule has 128 valence electrons. The number of nitrogens with zero attached hydrogens (tertiary/aromatic N) is 2. The number of carbonyl (C=O) groups excluding carboxylic acids is 1. The molecule has 0 saturated carbocycles. The first-order chi connectivity index (χ1) is 11.0. The minimum Gasteiger partial charge on any atom is -0.492 e. The molecule has 1 aliphatic heterocycles. The van der Waals surface area contributed by atoms with Crippen molar-refractivity contribution in [1.29, 1.82) is 0 Å². The van der Waals surface area contributed by atoms with Gasteiger partial charge < -0.3 is 20.3 Å². The van der Waals surface area contributed by atoms with Gasteiger partial charge in [-0.3, -0.25) is 4.79 Å². The van der Waals surface area contributed by atoms with Gasteiger partial charge in [-0.25, -0.2) is 0 Å².